The van der Waals surface area contributed by atoms with Gasteiger partial charge in [-0.1, -0.05) is 199 Å². The Morgan fingerprint density at radius 3 is 1.15 bits per heavy atom. The van der Waals surface area contributed by atoms with Crippen molar-refractivity contribution in [1.82, 2.24) is 29.3 Å². The number of aryl methyl sites for hydroxylation is 3. The molecule has 6 aromatic carbocycles. The number of unbranched alkanes of at least 4 members (excludes halogenated alkanes) is 3. The number of hydrogen-bond donors (Lipinski definition) is 2. The monoisotopic (exact) mass is 1610 g/mol. The molecule has 0 saturated carbocycles. The van der Waals surface area contributed by atoms with Crippen LogP contribution in [0.4, 0.5) is 0 Å². The number of ether oxygens (including phenoxy) is 4. The van der Waals surface area contributed by atoms with E-state index in [4.69, 9.17) is 98.6 Å². The molecule has 2 N–H and O–H groups in total. The van der Waals surface area contributed by atoms with Crippen LogP contribution in [0.1, 0.15) is 145 Å². The largest absolute Gasteiger partial charge is 1.00 e. The number of nitrogens with zero attached hydrogens (tertiary/aromatic N) is 6. The number of carbonyl (C=O) groups excluding carboxylic acids is 3. The van der Waals surface area contributed by atoms with Crippen molar-refractivity contribution >= 4 is 110 Å². The van der Waals surface area contributed by atoms with E-state index < -0.39 is 29.0 Å². The molecule has 18 nitrogen and oxygen atoms in total. The van der Waals surface area contributed by atoms with E-state index >= 15 is 0 Å². The standard InChI is InChI=1S/C23H24Cl2N2O3.C21H20Cl2N2O3.C13H15ClN2O.C10H10BrClO2.CH2O3.5CH4.2K.H/c1-3-5-13-27-14-12-20(26-27)19-15-18(25)10-11-21(19)30-22(23(28)29-4-2)16-6-8-17(24)9-7-16;1-2-3-11-25-12-10-18(24-25)17-13-16(23)8-9-19(17)28-20(21(26)27)14-4-6-15(22)7-5-14;1-2-3-7-16-8-6-12(15-16)11-9-10(14)4-5-13(11)17;1-2-14-10(13)9(11)7-3-5-8(12)6-4-7;2-1-4-3;;;;;;;;/h6-12,14-15,22H,3-5,13H2,1-2H3;4-10,12-13,20H,2-3,11H2,1H3,(H,26,27);4-6,8-9,17H,2-3,7H2,1H3;3-6,9H,2H2,1H3;1,3H;5*1H4;;;/q;;;;;;;;;;2*+1;-1/p-1. The van der Waals surface area contributed by atoms with Gasteiger partial charge in [0.1, 0.15) is 22.1 Å². The molecule has 0 bridgehead atoms. The van der Waals surface area contributed by atoms with Gasteiger partial charge in [0.25, 0.3) is 6.47 Å². The van der Waals surface area contributed by atoms with Crippen LogP contribution in [-0.2, 0) is 53.2 Å². The number of aromatic hydroxyl groups is 1. The number of aromatic nitrogens is 6. The molecule has 536 valence electrons. The van der Waals surface area contributed by atoms with Crippen molar-refractivity contribution in [2.75, 3.05) is 13.2 Å². The smallest absolute Gasteiger partial charge is 1.00 e. The molecule has 27 heteroatoms. The fourth-order valence-electron chi connectivity index (χ4n) is 8.42. The summed E-state index contributed by atoms with van der Waals surface area (Å²) in [6.45, 7) is 12.9. The molecule has 0 aliphatic carbocycles. The molecule has 0 radical (unpaired) electrons. The first-order valence-corrected chi connectivity index (χ1v) is 32.7. The maximum absolute atomic E-state index is 12.6. The molecule has 0 aliphatic rings. The number of phenols is 1. The van der Waals surface area contributed by atoms with E-state index in [0.717, 1.165) is 75.1 Å². The van der Waals surface area contributed by atoms with E-state index in [9.17, 15) is 24.6 Å². The van der Waals surface area contributed by atoms with Crippen LogP contribution in [0, 0.1) is 0 Å². The Morgan fingerprint density at radius 2 is 0.800 bits per heavy atom. The average Bonchev–Trinajstić information content (AvgIpc) is 1.79. The molecule has 3 atom stereocenters. The number of benzene rings is 6. The molecule has 0 fully saturated rings. The maximum atomic E-state index is 12.6. The summed E-state index contributed by atoms with van der Waals surface area (Å²) in [7, 11) is 0. The second kappa shape index (κ2) is 54.3. The molecule has 0 saturated heterocycles. The molecule has 9 aromatic rings. The third-order valence-electron chi connectivity index (χ3n) is 13.1. The molecular weight excluding hydrogens is 1520 g/mol. The molecule has 0 aliphatic heterocycles. The van der Waals surface area contributed by atoms with Crippen molar-refractivity contribution < 1.29 is 163 Å². The van der Waals surface area contributed by atoms with Crippen LogP contribution in [0.3, 0.4) is 0 Å². The van der Waals surface area contributed by atoms with Gasteiger partial charge in [-0.05, 0) is 148 Å². The second-order valence-electron chi connectivity index (χ2n) is 19.9. The zero-order chi connectivity index (χ0) is 67.8. The Labute approximate surface area is 715 Å². The minimum Gasteiger partial charge on any atom is -1.00 e. The normalized spacial score (nSPS) is 10.7. The second-order valence-corrected chi connectivity index (χ2v) is 23.5. The molecule has 0 spiro atoms. The first kappa shape index (κ1) is 99.9. The molecule has 3 unspecified atom stereocenters. The van der Waals surface area contributed by atoms with Crippen LogP contribution in [0.15, 0.2) is 164 Å². The van der Waals surface area contributed by atoms with Crippen molar-refractivity contribution in [2.24, 2.45) is 0 Å². The minimum atomic E-state index is -1.18. The van der Waals surface area contributed by atoms with Crippen LogP contribution in [0.5, 0.6) is 17.2 Å². The van der Waals surface area contributed by atoms with Gasteiger partial charge in [0.05, 0.1) is 30.3 Å². The van der Waals surface area contributed by atoms with Crippen LogP contribution < -0.4 is 118 Å². The number of phenolic OH excluding ortho intramolecular Hbond substituents is 1. The number of rotatable bonds is 25. The van der Waals surface area contributed by atoms with Crippen molar-refractivity contribution in [3.05, 3.63) is 211 Å². The summed E-state index contributed by atoms with van der Waals surface area (Å²) < 4.78 is 27.8. The number of carboxylic acids is 1. The zero-order valence-electron chi connectivity index (χ0n) is 54.5. The number of halogens is 7. The minimum absolute atomic E-state index is 0. The third-order valence-corrected chi connectivity index (χ3v) is 15.4. The molecule has 100 heavy (non-hydrogen) atoms. The SMILES string of the molecule is C.C.C.C.C.CCCCn1ccc(-c2cc(Cl)ccc2O)n1.CCCCn1ccc(-c2cc(Cl)ccc2OC(C(=O)O)c2ccc(Cl)cc2)n1.CCCCn1ccc(-c2cc(Cl)ccc2OC(C(=O)OCC)c2ccc(Cl)cc2)n1.CCOC(=O)C(Br)c1ccc(Cl)cc1.O=CO[O-].[H-].[K+].[K+]. The van der Waals surface area contributed by atoms with Gasteiger partial charge in [0, 0.05) is 96.2 Å². The summed E-state index contributed by atoms with van der Waals surface area (Å²) >= 11 is 39.2. The summed E-state index contributed by atoms with van der Waals surface area (Å²) in [6.07, 6.45) is 10.1. The van der Waals surface area contributed by atoms with Crippen molar-refractivity contribution in [3.63, 3.8) is 0 Å². The predicted molar refractivity (Wildman–Crippen MR) is 400 cm³/mol. The van der Waals surface area contributed by atoms with E-state index in [1.807, 2.05) is 50.8 Å². The third kappa shape index (κ3) is 33.6. The van der Waals surface area contributed by atoms with E-state index in [1.54, 1.807) is 141 Å². The summed E-state index contributed by atoms with van der Waals surface area (Å²) in [5.41, 5.74) is 6.15. The Morgan fingerprint density at radius 1 is 0.490 bits per heavy atom. The van der Waals surface area contributed by atoms with Crippen LogP contribution in [0.25, 0.3) is 33.8 Å². The van der Waals surface area contributed by atoms with E-state index in [2.05, 4.69) is 56.9 Å². The molecular formula is C73H91BrCl6K2N6O12. The first-order valence-electron chi connectivity index (χ1n) is 29.5. The van der Waals surface area contributed by atoms with Gasteiger partial charge in [-0.15, -0.1) is 0 Å². The van der Waals surface area contributed by atoms with Crippen molar-refractivity contribution in [1.29, 1.82) is 0 Å². The zero-order valence-corrected chi connectivity index (χ0v) is 65.8. The molecule has 9 rings (SSSR count). The van der Waals surface area contributed by atoms with Gasteiger partial charge in [-0.25, -0.2) is 9.59 Å². The van der Waals surface area contributed by atoms with Gasteiger partial charge in [0.2, 0.25) is 12.2 Å². The molecule has 3 heterocycles. The van der Waals surface area contributed by atoms with E-state index in [-0.39, 0.29) is 166 Å². The number of esters is 2. The number of hydrogen-bond acceptors (Lipinski definition) is 14. The molecule has 0 amide bonds. The first-order chi connectivity index (χ1) is 44.7. The summed E-state index contributed by atoms with van der Waals surface area (Å²) in [5, 5.41) is 44.9. The Kier molecular flexibility index (Phi) is 54.2. The summed E-state index contributed by atoms with van der Waals surface area (Å²) in [5.74, 6) is -0.767. The Balaban J connectivity index is -0.000000615. The van der Waals surface area contributed by atoms with Gasteiger partial charge in [-0.2, -0.15) is 15.3 Å². The number of aliphatic carboxylic acids is 1. The van der Waals surface area contributed by atoms with Crippen molar-refractivity contribution in [2.45, 2.75) is 147 Å². The van der Waals surface area contributed by atoms with Gasteiger partial charge in [0.15, 0.2) is 0 Å². The number of carbonyl (C=O) groups is 4. The van der Waals surface area contributed by atoms with Crippen LogP contribution in [0.2, 0.25) is 30.1 Å². The van der Waals surface area contributed by atoms with E-state index in [0.29, 0.717) is 81.8 Å². The fraction of sp³-hybridized carbons (Fsp3) is 0.329. The van der Waals surface area contributed by atoms with Gasteiger partial charge >= 0.3 is 121 Å². The summed E-state index contributed by atoms with van der Waals surface area (Å²) in [4.78, 5) is 46.6. The predicted octanol–water partition coefficient (Wildman–Crippen LogP) is 15.0. The Bertz CT molecular complexity index is 3780. The Hall–Kier alpha value is -4.32. The number of carboxylic acid groups (broad SMARTS) is 1. The molecule has 3 aromatic heterocycles. The van der Waals surface area contributed by atoms with E-state index in [1.165, 1.54) is 0 Å². The average molecular weight is 1620 g/mol. The quantitative estimate of drug-likeness (QED) is 0.0135. The van der Waals surface area contributed by atoms with Crippen molar-refractivity contribution in [3.8, 4) is 51.0 Å². The maximum Gasteiger partial charge on any atom is 1.00 e. The fourth-order valence-corrected chi connectivity index (χ4v) is 9.75. The number of alkyl halides is 1. The summed E-state index contributed by atoms with van der Waals surface area (Å²) in [6, 6.07) is 41.5. The van der Waals surface area contributed by atoms with Gasteiger partial charge < -0.3 is 40.7 Å². The topological polar surface area (TPSA) is 231 Å². The van der Waals surface area contributed by atoms with Gasteiger partial charge in [-0.3, -0.25) is 23.6 Å². The van der Waals surface area contributed by atoms with Crippen LogP contribution >= 0.6 is 85.5 Å². The van der Waals surface area contributed by atoms with Crippen LogP contribution in [-0.4, -0.2) is 77.1 Å².